The van der Waals surface area contributed by atoms with Crippen LogP contribution in [0, 0.1) is 11.3 Å². The van der Waals surface area contributed by atoms with Gasteiger partial charge in [-0.05, 0) is 38.1 Å². The van der Waals surface area contributed by atoms with Crippen LogP contribution in [-0.2, 0) is 14.3 Å². The van der Waals surface area contributed by atoms with E-state index in [0.29, 0.717) is 30.9 Å². The maximum atomic E-state index is 12.4. The summed E-state index contributed by atoms with van der Waals surface area (Å²) in [6.45, 7) is 5.48. The number of methoxy groups -OCH3 is 1. The molecule has 1 fully saturated rings. The van der Waals surface area contributed by atoms with Gasteiger partial charge in [0.05, 0.1) is 29.9 Å². The molecule has 0 aromatic heterocycles. The Morgan fingerprint density at radius 1 is 1.32 bits per heavy atom. The summed E-state index contributed by atoms with van der Waals surface area (Å²) in [4.78, 5) is 26.0. The number of amides is 2. The monoisotopic (exact) mass is 390 g/mol. The molecule has 9 nitrogen and oxygen atoms in total. The number of carboxylic acid groups (broad SMARTS) is 1. The highest BCUT2D eigenvalue weighted by Gasteiger charge is 2.33. The third-order valence-electron chi connectivity index (χ3n) is 4.40. The second-order valence-electron chi connectivity index (χ2n) is 6.86. The van der Waals surface area contributed by atoms with Crippen molar-refractivity contribution >= 4 is 17.7 Å². The fourth-order valence-corrected chi connectivity index (χ4v) is 3.33. The molecular formula is C19H26N4O5. The van der Waals surface area contributed by atoms with E-state index in [4.69, 9.17) is 14.7 Å². The minimum atomic E-state index is -1.19. The largest absolute Gasteiger partial charge is 0.479 e. The molecule has 28 heavy (non-hydrogen) atoms. The van der Waals surface area contributed by atoms with Crippen LogP contribution in [0.1, 0.15) is 19.4 Å². The van der Waals surface area contributed by atoms with Gasteiger partial charge < -0.3 is 25.2 Å². The molecule has 0 spiro atoms. The van der Waals surface area contributed by atoms with Crippen LogP contribution in [0.25, 0.3) is 0 Å². The van der Waals surface area contributed by atoms with E-state index in [9.17, 15) is 14.7 Å². The van der Waals surface area contributed by atoms with E-state index in [1.807, 2.05) is 19.9 Å². The Morgan fingerprint density at radius 3 is 2.43 bits per heavy atom. The molecule has 1 aliphatic heterocycles. The summed E-state index contributed by atoms with van der Waals surface area (Å²) in [6, 6.07) is 7.05. The van der Waals surface area contributed by atoms with Crippen LogP contribution in [0.3, 0.4) is 0 Å². The van der Waals surface area contributed by atoms with Crippen LogP contribution in [-0.4, -0.2) is 73.1 Å². The molecular weight excluding hydrogens is 364 g/mol. The average Bonchev–Trinajstić information content (AvgIpc) is 2.61. The molecule has 0 bridgehead atoms. The molecule has 152 valence electrons. The number of urea groups is 1. The lowest BCUT2D eigenvalue weighted by Crippen LogP contribution is -2.57. The third kappa shape index (κ3) is 6.20. The molecule has 1 heterocycles. The van der Waals surface area contributed by atoms with E-state index < -0.39 is 24.1 Å². The van der Waals surface area contributed by atoms with Crippen molar-refractivity contribution in [2.24, 2.45) is 0 Å². The van der Waals surface area contributed by atoms with Gasteiger partial charge in [-0.1, -0.05) is 0 Å². The maximum absolute atomic E-state index is 12.4. The van der Waals surface area contributed by atoms with Crippen LogP contribution in [0.4, 0.5) is 10.5 Å². The van der Waals surface area contributed by atoms with E-state index in [0.717, 1.165) is 0 Å². The zero-order valence-corrected chi connectivity index (χ0v) is 16.2. The highest BCUT2D eigenvalue weighted by molar-refractivity contribution is 5.90. The molecule has 4 atom stereocenters. The predicted molar refractivity (Wildman–Crippen MR) is 102 cm³/mol. The van der Waals surface area contributed by atoms with Gasteiger partial charge in [0, 0.05) is 32.4 Å². The Labute approximate surface area is 164 Å². The molecule has 2 rings (SSSR count). The Morgan fingerprint density at radius 2 is 1.93 bits per heavy atom. The summed E-state index contributed by atoms with van der Waals surface area (Å²) < 4.78 is 10.8. The number of aliphatic carboxylic acids is 1. The first-order valence-corrected chi connectivity index (χ1v) is 9.03. The number of ether oxygens (including phenoxy) is 2. The minimum absolute atomic E-state index is 0.0164. The third-order valence-corrected chi connectivity index (χ3v) is 4.40. The number of nitriles is 1. The Hall–Kier alpha value is -2.67. The Kier molecular flexibility index (Phi) is 7.75. The molecule has 2 unspecified atom stereocenters. The highest BCUT2D eigenvalue weighted by atomic mass is 16.5. The summed E-state index contributed by atoms with van der Waals surface area (Å²) in [6.07, 6.45) is -1.16. The van der Waals surface area contributed by atoms with Gasteiger partial charge >= 0.3 is 12.0 Å². The van der Waals surface area contributed by atoms with Crippen LogP contribution in [0.2, 0.25) is 0 Å². The van der Waals surface area contributed by atoms with Crippen molar-refractivity contribution in [3.8, 4) is 6.07 Å². The number of rotatable bonds is 7. The standard InChI is InChI=1S/C19H26N4O5/c1-12-9-23(10-13(2)28-12)11-16(17(27-3)18(24)25)22-19(26)21-15-6-4-14(8-20)5-7-15/h4-7,12-13,16-17H,9-11H2,1-3H3,(H,24,25)(H2,21,22,26)/t12-,13+,16?,17?. The predicted octanol–water partition coefficient (Wildman–Crippen LogP) is 1.26. The summed E-state index contributed by atoms with van der Waals surface area (Å²) in [5.41, 5.74) is 0.970. The van der Waals surface area contributed by atoms with Crippen molar-refractivity contribution in [1.82, 2.24) is 10.2 Å². The van der Waals surface area contributed by atoms with Crippen LogP contribution < -0.4 is 10.6 Å². The first kappa shape index (κ1) is 21.6. The average molecular weight is 390 g/mol. The molecule has 2 amide bonds. The quantitative estimate of drug-likeness (QED) is 0.640. The van der Waals surface area contributed by atoms with Crippen molar-refractivity contribution in [3.63, 3.8) is 0 Å². The first-order valence-electron chi connectivity index (χ1n) is 9.03. The van der Waals surface area contributed by atoms with Gasteiger partial charge in [-0.25, -0.2) is 9.59 Å². The summed E-state index contributed by atoms with van der Waals surface area (Å²) in [7, 11) is 1.30. The van der Waals surface area contributed by atoms with Crippen LogP contribution in [0.5, 0.6) is 0 Å². The number of carbonyl (C=O) groups excluding carboxylic acids is 1. The highest BCUT2D eigenvalue weighted by Crippen LogP contribution is 2.13. The number of anilines is 1. The lowest BCUT2D eigenvalue weighted by Gasteiger charge is -2.38. The van der Waals surface area contributed by atoms with Crippen molar-refractivity contribution in [2.45, 2.75) is 38.2 Å². The number of hydrogen-bond acceptors (Lipinski definition) is 6. The fraction of sp³-hybridized carbons (Fsp3) is 0.526. The number of morpholine rings is 1. The van der Waals surface area contributed by atoms with Crippen molar-refractivity contribution in [3.05, 3.63) is 29.8 Å². The Bertz CT molecular complexity index is 708. The number of carbonyl (C=O) groups is 2. The molecule has 1 aliphatic rings. The zero-order chi connectivity index (χ0) is 20.7. The molecule has 1 aromatic carbocycles. The smallest absolute Gasteiger partial charge is 0.335 e. The molecule has 0 saturated carbocycles. The molecule has 1 saturated heterocycles. The van der Waals surface area contributed by atoms with Crippen molar-refractivity contribution < 1.29 is 24.2 Å². The maximum Gasteiger partial charge on any atom is 0.335 e. The SMILES string of the molecule is COC(C(=O)O)C(CN1C[C@@H](C)O[C@@H](C)C1)NC(=O)Nc1ccc(C#N)cc1. The summed E-state index contributed by atoms with van der Waals surface area (Å²) >= 11 is 0. The number of benzene rings is 1. The normalized spacial score (nSPS) is 21.9. The van der Waals surface area contributed by atoms with E-state index in [-0.39, 0.29) is 12.2 Å². The van der Waals surface area contributed by atoms with E-state index >= 15 is 0 Å². The van der Waals surface area contributed by atoms with Gasteiger partial charge in [0.25, 0.3) is 0 Å². The van der Waals surface area contributed by atoms with E-state index in [2.05, 4.69) is 15.5 Å². The molecule has 9 heteroatoms. The van der Waals surface area contributed by atoms with Crippen LogP contribution in [0.15, 0.2) is 24.3 Å². The molecule has 0 aliphatic carbocycles. The second kappa shape index (κ2) is 10.0. The van der Waals surface area contributed by atoms with Crippen molar-refractivity contribution in [1.29, 1.82) is 5.26 Å². The number of nitrogens with zero attached hydrogens (tertiary/aromatic N) is 2. The topological polar surface area (TPSA) is 124 Å². The molecule has 3 N–H and O–H groups in total. The van der Waals surface area contributed by atoms with Crippen LogP contribution >= 0.6 is 0 Å². The van der Waals surface area contributed by atoms with Gasteiger partial charge in [0.1, 0.15) is 0 Å². The lowest BCUT2D eigenvalue weighted by molar-refractivity contribution is -0.151. The number of carboxylic acids is 1. The number of nitrogens with one attached hydrogen (secondary N) is 2. The Balaban J connectivity index is 2.06. The van der Waals surface area contributed by atoms with Crippen molar-refractivity contribution in [2.75, 3.05) is 32.1 Å². The fourth-order valence-electron chi connectivity index (χ4n) is 3.33. The van der Waals surface area contributed by atoms with Gasteiger partial charge in [-0.3, -0.25) is 4.90 Å². The van der Waals surface area contributed by atoms with Gasteiger partial charge in [-0.2, -0.15) is 5.26 Å². The molecule has 0 radical (unpaired) electrons. The van der Waals surface area contributed by atoms with Gasteiger partial charge in [0.15, 0.2) is 6.10 Å². The number of hydrogen-bond donors (Lipinski definition) is 3. The second-order valence-corrected chi connectivity index (χ2v) is 6.86. The minimum Gasteiger partial charge on any atom is -0.479 e. The lowest BCUT2D eigenvalue weighted by atomic mass is 10.1. The van der Waals surface area contributed by atoms with Gasteiger partial charge in [0.2, 0.25) is 0 Å². The van der Waals surface area contributed by atoms with E-state index in [1.54, 1.807) is 24.3 Å². The molecule has 1 aromatic rings. The summed E-state index contributed by atoms with van der Waals surface area (Å²) in [5, 5.41) is 23.6. The van der Waals surface area contributed by atoms with E-state index in [1.165, 1.54) is 7.11 Å². The summed E-state index contributed by atoms with van der Waals surface area (Å²) in [5.74, 6) is -1.15. The zero-order valence-electron chi connectivity index (χ0n) is 16.2. The van der Waals surface area contributed by atoms with Gasteiger partial charge in [-0.15, -0.1) is 0 Å². The first-order chi connectivity index (χ1) is 13.3.